The number of carbonyl (C=O) groups is 1. The van der Waals surface area contributed by atoms with Gasteiger partial charge in [0.15, 0.2) is 0 Å². The van der Waals surface area contributed by atoms with Crippen LogP contribution < -0.4 is 4.74 Å². The molecule has 1 rings (SSSR count). The van der Waals surface area contributed by atoms with Gasteiger partial charge in [0, 0.05) is 6.42 Å². The number of ether oxygens (including phenoxy) is 2. The summed E-state index contributed by atoms with van der Waals surface area (Å²) >= 11 is 0. The molecule has 3 heteroatoms. The van der Waals surface area contributed by atoms with Crippen LogP contribution in [0.1, 0.15) is 46.6 Å². The van der Waals surface area contributed by atoms with Crippen molar-refractivity contribution in [1.82, 2.24) is 0 Å². The minimum atomic E-state index is -0.227. The van der Waals surface area contributed by atoms with Gasteiger partial charge in [-0.1, -0.05) is 39.8 Å². The van der Waals surface area contributed by atoms with Crippen LogP contribution in [0.2, 0.25) is 0 Å². The number of hydrogen-bond acceptors (Lipinski definition) is 3. The van der Waals surface area contributed by atoms with Crippen LogP contribution in [0.5, 0.6) is 5.75 Å². The average Bonchev–Trinajstić information content (AvgIpc) is 2.35. The normalized spacial score (nSPS) is 12.9. The summed E-state index contributed by atoms with van der Waals surface area (Å²) in [7, 11) is 0. The Balaban J connectivity index is 2.48. The Morgan fingerprint density at radius 2 is 1.79 bits per heavy atom. The van der Waals surface area contributed by atoms with Crippen molar-refractivity contribution in [2.24, 2.45) is 0 Å². The summed E-state index contributed by atoms with van der Waals surface area (Å²) in [6.07, 6.45) is 0.166. The molecule has 0 radical (unpaired) electrons. The van der Waals surface area contributed by atoms with Crippen LogP contribution in [0.25, 0.3) is 0 Å². The second-order valence-electron chi connectivity index (χ2n) is 5.74. The maximum absolute atomic E-state index is 11.1. The molecule has 106 valence electrons. The Labute approximate surface area is 115 Å². The lowest BCUT2D eigenvalue weighted by Gasteiger charge is -2.19. The van der Waals surface area contributed by atoms with Crippen molar-refractivity contribution in [2.45, 2.75) is 52.6 Å². The molecule has 0 amide bonds. The van der Waals surface area contributed by atoms with E-state index < -0.39 is 0 Å². The van der Waals surface area contributed by atoms with Gasteiger partial charge in [0.05, 0.1) is 0 Å². The second-order valence-corrected chi connectivity index (χ2v) is 5.74. The lowest BCUT2D eigenvalue weighted by molar-refractivity contribution is -0.149. The minimum Gasteiger partial charge on any atom is -0.490 e. The molecule has 0 aliphatic heterocycles. The first-order chi connectivity index (χ1) is 8.82. The van der Waals surface area contributed by atoms with Crippen molar-refractivity contribution >= 4 is 5.97 Å². The zero-order valence-corrected chi connectivity index (χ0v) is 12.5. The fraction of sp³-hybridized carbons (Fsp3) is 0.562. The number of carbonyl (C=O) groups excluding carboxylic acids is 1. The largest absolute Gasteiger partial charge is 0.490 e. The fourth-order valence-corrected chi connectivity index (χ4v) is 1.61. The van der Waals surface area contributed by atoms with E-state index in [1.807, 2.05) is 19.1 Å². The summed E-state index contributed by atoms with van der Waals surface area (Å²) in [6.45, 7) is 10.5. The molecule has 1 atom stereocenters. The van der Waals surface area contributed by atoms with E-state index in [2.05, 4.69) is 32.9 Å². The first kappa shape index (κ1) is 15.5. The summed E-state index contributed by atoms with van der Waals surface area (Å²) in [5.41, 5.74) is 1.41. The number of rotatable bonds is 5. The lowest BCUT2D eigenvalue weighted by Crippen LogP contribution is -2.21. The van der Waals surface area contributed by atoms with E-state index in [1.165, 1.54) is 5.56 Å². The van der Waals surface area contributed by atoms with Crippen LogP contribution in [0.4, 0.5) is 0 Å². The van der Waals surface area contributed by atoms with Gasteiger partial charge in [-0.3, -0.25) is 4.79 Å². The second kappa shape index (κ2) is 6.60. The predicted molar refractivity (Wildman–Crippen MR) is 76.5 cm³/mol. The first-order valence-corrected chi connectivity index (χ1v) is 6.75. The molecular weight excluding hydrogens is 240 g/mol. The third-order valence-electron chi connectivity index (χ3n) is 2.83. The van der Waals surface area contributed by atoms with Gasteiger partial charge in [-0.05, 0) is 30.0 Å². The molecule has 0 saturated heterocycles. The van der Waals surface area contributed by atoms with E-state index in [0.29, 0.717) is 13.0 Å². The Hall–Kier alpha value is -1.51. The molecule has 19 heavy (non-hydrogen) atoms. The molecule has 0 aromatic heterocycles. The molecule has 0 N–H and O–H groups in total. The maximum Gasteiger partial charge on any atom is 0.305 e. The molecule has 0 spiro atoms. The van der Waals surface area contributed by atoms with Gasteiger partial charge >= 0.3 is 5.97 Å². The molecule has 0 aliphatic rings. The fourth-order valence-electron chi connectivity index (χ4n) is 1.61. The van der Waals surface area contributed by atoms with Crippen molar-refractivity contribution in [2.75, 3.05) is 6.61 Å². The maximum atomic E-state index is 11.1. The average molecular weight is 264 g/mol. The Morgan fingerprint density at radius 1 is 1.21 bits per heavy atom. The Morgan fingerprint density at radius 3 is 2.26 bits per heavy atom. The molecule has 0 aliphatic carbocycles. The number of esters is 1. The molecular formula is C16H24O3. The Kier molecular flexibility index (Phi) is 5.40. The van der Waals surface area contributed by atoms with Gasteiger partial charge in [-0.15, -0.1) is 0 Å². The molecule has 0 saturated carbocycles. The van der Waals surface area contributed by atoms with Crippen molar-refractivity contribution in [3.05, 3.63) is 29.8 Å². The first-order valence-electron chi connectivity index (χ1n) is 6.75. The van der Waals surface area contributed by atoms with Crippen LogP contribution in [0.3, 0.4) is 0 Å². The van der Waals surface area contributed by atoms with E-state index in [-0.39, 0.29) is 17.5 Å². The SMILES string of the molecule is CCC(=O)O[C@@H](C)COc1ccc(C(C)(C)C)cc1. The number of benzene rings is 1. The monoisotopic (exact) mass is 264 g/mol. The third-order valence-corrected chi connectivity index (χ3v) is 2.83. The molecule has 0 fully saturated rings. The summed E-state index contributed by atoms with van der Waals surface area (Å²) in [4.78, 5) is 11.1. The minimum absolute atomic E-state index is 0.141. The highest BCUT2D eigenvalue weighted by atomic mass is 16.6. The van der Waals surface area contributed by atoms with Crippen molar-refractivity contribution in [3.63, 3.8) is 0 Å². The highest BCUT2D eigenvalue weighted by Crippen LogP contribution is 2.24. The van der Waals surface area contributed by atoms with Gasteiger partial charge in [-0.2, -0.15) is 0 Å². The summed E-state index contributed by atoms with van der Waals surface area (Å²) in [6, 6.07) is 8.04. The number of hydrogen-bond donors (Lipinski definition) is 0. The molecule has 1 aromatic rings. The van der Waals surface area contributed by atoms with Gasteiger partial charge in [0.1, 0.15) is 18.5 Å². The smallest absolute Gasteiger partial charge is 0.305 e. The quantitative estimate of drug-likeness (QED) is 0.761. The molecule has 0 heterocycles. The predicted octanol–water partition coefficient (Wildman–Crippen LogP) is 3.70. The highest BCUT2D eigenvalue weighted by molar-refractivity contribution is 5.69. The molecule has 0 unspecified atom stereocenters. The summed E-state index contributed by atoms with van der Waals surface area (Å²) in [5, 5.41) is 0. The topological polar surface area (TPSA) is 35.5 Å². The van der Waals surface area contributed by atoms with Gasteiger partial charge in [0.2, 0.25) is 0 Å². The van der Waals surface area contributed by atoms with E-state index in [4.69, 9.17) is 9.47 Å². The lowest BCUT2D eigenvalue weighted by atomic mass is 9.87. The zero-order chi connectivity index (χ0) is 14.5. The zero-order valence-electron chi connectivity index (χ0n) is 12.5. The van der Waals surface area contributed by atoms with E-state index in [1.54, 1.807) is 6.92 Å². The summed E-state index contributed by atoms with van der Waals surface area (Å²) < 4.78 is 10.7. The highest BCUT2D eigenvalue weighted by Gasteiger charge is 2.13. The Bertz CT molecular complexity index is 401. The summed E-state index contributed by atoms with van der Waals surface area (Å²) in [5.74, 6) is 0.603. The van der Waals surface area contributed by atoms with Crippen LogP contribution in [0.15, 0.2) is 24.3 Å². The van der Waals surface area contributed by atoms with Crippen LogP contribution in [0, 0.1) is 0 Å². The van der Waals surface area contributed by atoms with Crippen molar-refractivity contribution in [1.29, 1.82) is 0 Å². The van der Waals surface area contributed by atoms with E-state index in [9.17, 15) is 4.79 Å². The van der Waals surface area contributed by atoms with E-state index in [0.717, 1.165) is 5.75 Å². The van der Waals surface area contributed by atoms with Crippen molar-refractivity contribution in [3.8, 4) is 5.75 Å². The molecule has 3 nitrogen and oxygen atoms in total. The van der Waals surface area contributed by atoms with Crippen LogP contribution in [-0.4, -0.2) is 18.7 Å². The van der Waals surface area contributed by atoms with Gasteiger partial charge in [0.25, 0.3) is 0 Å². The van der Waals surface area contributed by atoms with Gasteiger partial charge in [-0.25, -0.2) is 0 Å². The van der Waals surface area contributed by atoms with Gasteiger partial charge < -0.3 is 9.47 Å². The molecule has 0 bridgehead atoms. The van der Waals surface area contributed by atoms with E-state index >= 15 is 0 Å². The van der Waals surface area contributed by atoms with Crippen LogP contribution in [-0.2, 0) is 14.9 Å². The van der Waals surface area contributed by atoms with Crippen LogP contribution >= 0.6 is 0 Å². The third kappa shape index (κ3) is 5.33. The standard InChI is InChI=1S/C16H24O3/c1-6-15(17)19-12(2)11-18-14-9-7-13(8-10-14)16(3,4)5/h7-10,12H,6,11H2,1-5H3/t12-/m0/s1. The van der Waals surface area contributed by atoms with Crippen molar-refractivity contribution < 1.29 is 14.3 Å². The molecule has 1 aromatic carbocycles.